The third kappa shape index (κ3) is 3.99. The summed E-state index contributed by atoms with van der Waals surface area (Å²) in [5.74, 6) is 2.06. The van der Waals surface area contributed by atoms with Gasteiger partial charge in [0.15, 0.2) is 5.78 Å². The maximum Gasteiger partial charge on any atom is 0.163 e. The van der Waals surface area contributed by atoms with Crippen LogP contribution >= 0.6 is 11.3 Å². The lowest BCUT2D eigenvalue weighted by atomic mass is 9.85. The van der Waals surface area contributed by atoms with Gasteiger partial charge >= 0.3 is 0 Å². The van der Waals surface area contributed by atoms with Crippen molar-refractivity contribution in [3.05, 3.63) is 46.6 Å². The van der Waals surface area contributed by atoms with Crippen molar-refractivity contribution in [2.45, 2.75) is 64.1 Å². The first kappa shape index (κ1) is 20.4. The molecule has 0 unspecified atom stereocenters. The predicted molar refractivity (Wildman–Crippen MR) is 127 cm³/mol. The minimum atomic E-state index is 0.247. The Bertz CT molecular complexity index is 1040. The summed E-state index contributed by atoms with van der Waals surface area (Å²) in [6.45, 7) is 6.75. The molecule has 4 aliphatic rings. The van der Waals surface area contributed by atoms with E-state index in [0.29, 0.717) is 12.5 Å². The second kappa shape index (κ2) is 8.31. The lowest BCUT2D eigenvalue weighted by Crippen LogP contribution is -2.52. The third-order valence-corrected chi connectivity index (χ3v) is 8.63. The summed E-state index contributed by atoms with van der Waals surface area (Å²) in [5.41, 5.74) is 3.57. The Morgan fingerprint density at radius 3 is 2.72 bits per heavy atom. The smallest absolute Gasteiger partial charge is 0.163 e. The van der Waals surface area contributed by atoms with E-state index in [1.807, 2.05) is 0 Å². The second-order valence-corrected chi connectivity index (χ2v) is 11.1. The van der Waals surface area contributed by atoms with Crippen LogP contribution in [0.5, 0.6) is 5.75 Å². The molecule has 0 radical (unpaired) electrons. The van der Waals surface area contributed by atoms with Crippen molar-refractivity contribution in [1.82, 2.24) is 14.8 Å². The predicted octanol–water partition coefficient (Wildman–Crippen LogP) is 4.67. The summed E-state index contributed by atoms with van der Waals surface area (Å²) in [4.78, 5) is 22.5. The minimum absolute atomic E-state index is 0.247. The van der Waals surface area contributed by atoms with E-state index >= 15 is 0 Å². The Morgan fingerprint density at radius 1 is 1.16 bits per heavy atom. The molecule has 5 nitrogen and oxygen atoms in total. The van der Waals surface area contributed by atoms with Gasteiger partial charge in [-0.1, -0.05) is 6.92 Å². The van der Waals surface area contributed by atoms with Gasteiger partial charge in [0.2, 0.25) is 0 Å². The Labute approximate surface area is 194 Å². The van der Waals surface area contributed by atoms with Gasteiger partial charge in [0.05, 0.1) is 18.7 Å². The number of likely N-dealkylation sites (tertiary alicyclic amines) is 1. The monoisotopic (exact) mass is 449 g/mol. The normalized spacial score (nSPS) is 27.9. The molecule has 0 amide bonds. The zero-order valence-electron chi connectivity index (χ0n) is 18.8. The van der Waals surface area contributed by atoms with Crippen LogP contribution in [0.25, 0.3) is 10.6 Å². The van der Waals surface area contributed by atoms with Crippen LogP contribution in [0.15, 0.2) is 36.0 Å². The molecule has 0 spiro atoms. The molecule has 168 valence electrons. The first-order valence-electron chi connectivity index (χ1n) is 12.1. The molecule has 1 saturated carbocycles. The van der Waals surface area contributed by atoms with Crippen LogP contribution in [-0.4, -0.2) is 52.3 Å². The molecular weight excluding hydrogens is 418 g/mol. The van der Waals surface area contributed by atoms with Crippen molar-refractivity contribution in [3.8, 4) is 16.3 Å². The molecular formula is C26H31N3O2S. The zero-order valence-corrected chi connectivity index (χ0v) is 19.6. The second-order valence-electron chi connectivity index (χ2n) is 9.97. The van der Waals surface area contributed by atoms with Gasteiger partial charge in [0, 0.05) is 60.6 Å². The zero-order chi connectivity index (χ0) is 21.7. The average Bonchev–Trinajstić information content (AvgIpc) is 3.17. The van der Waals surface area contributed by atoms with Crippen LogP contribution in [-0.2, 0) is 17.8 Å². The number of nitrogens with zero attached hydrogens (tertiary/aromatic N) is 3. The van der Waals surface area contributed by atoms with Gasteiger partial charge in [-0.3, -0.25) is 9.69 Å². The molecule has 32 heavy (non-hydrogen) atoms. The number of ether oxygens (including phenoxy) is 1. The molecule has 0 N–H and O–H groups in total. The van der Waals surface area contributed by atoms with Gasteiger partial charge in [-0.05, 0) is 49.6 Å². The number of carbonyl (C=O) groups is 1. The van der Waals surface area contributed by atoms with E-state index in [0.717, 1.165) is 60.6 Å². The highest BCUT2D eigenvalue weighted by atomic mass is 32.1. The fraction of sp³-hybridized carbons (Fsp3) is 0.538. The lowest BCUT2D eigenvalue weighted by molar-refractivity contribution is -0.116. The molecule has 1 atom stereocenters. The summed E-state index contributed by atoms with van der Waals surface area (Å²) in [7, 11) is 0. The Balaban J connectivity index is 1.05. The van der Waals surface area contributed by atoms with E-state index < -0.39 is 0 Å². The first-order chi connectivity index (χ1) is 15.6. The van der Waals surface area contributed by atoms with E-state index in [1.165, 1.54) is 42.2 Å². The van der Waals surface area contributed by atoms with E-state index in [1.54, 1.807) is 17.4 Å². The van der Waals surface area contributed by atoms with E-state index in [-0.39, 0.29) is 5.78 Å². The van der Waals surface area contributed by atoms with Crippen LogP contribution in [0.4, 0.5) is 0 Å². The number of fused-ring (bicyclic) bond motifs is 1. The van der Waals surface area contributed by atoms with Crippen LogP contribution in [0.2, 0.25) is 0 Å². The van der Waals surface area contributed by atoms with Crippen LogP contribution < -0.4 is 4.74 Å². The lowest BCUT2D eigenvalue weighted by Gasteiger charge is -2.45. The highest BCUT2D eigenvalue weighted by molar-refractivity contribution is 7.15. The van der Waals surface area contributed by atoms with Crippen LogP contribution in [0.1, 0.15) is 49.6 Å². The van der Waals surface area contributed by atoms with E-state index in [4.69, 9.17) is 9.72 Å². The number of benzene rings is 1. The average molecular weight is 450 g/mol. The molecule has 1 aromatic heterocycles. The molecule has 6 rings (SSSR count). The Hall–Kier alpha value is -2.18. The number of aromatic nitrogens is 1. The summed E-state index contributed by atoms with van der Waals surface area (Å²) in [6, 6.07) is 9.21. The maximum absolute atomic E-state index is 11.3. The molecule has 6 heteroatoms. The number of hydrogen-bond acceptors (Lipinski definition) is 6. The summed E-state index contributed by atoms with van der Waals surface area (Å²) in [6.07, 6.45) is 8.74. The van der Waals surface area contributed by atoms with Crippen molar-refractivity contribution < 1.29 is 9.53 Å². The SMILES string of the molecule is C[C@H]1CCCN(C2CC(Oc3ccc(-c4nc5c(s4)CN(C4=CC(=O)C4)CC5)cc3)C2)C1. The molecule has 3 heterocycles. The Kier molecular flexibility index (Phi) is 5.30. The van der Waals surface area contributed by atoms with Crippen LogP contribution in [0.3, 0.4) is 0 Å². The number of hydrogen-bond donors (Lipinski definition) is 0. The van der Waals surface area contributed by atoms with Crippen molar-refractivity contribution >= 4 is 17.1 Å². The van der Waals surface area contributed by atoms with E-state index in [2.05, 4.69) is 41.0 Å². The number of rotatable bonds is 5. The van der Waals surface area contributed by atoms with E-state index in [9.17, 15) is 4.79 Å². The summed E-state index contributed by atoms with van der Waals surface area (Å²) in [5, 5.41) is 1.09. The number of ketones is 1. The molecule has 2 aliphatic heterocycles. The molecule has 1 saturated heterocycles. The Morgan fingerprint density at radius 2 is 1.97 bits per heavy atom. The van der Waals surface area contributed by atoms with Gasteiger partial charge in [-0.25, -0.2) is 4.98 Å². The molecule has 0 bridgehead atoms. The summed E-state index contributed by atoms with van der Waals surface area (Å²) < 4.78 is 6.25. The van der Waals surface area contributed by atoms with Gasteiger partial charge in [0.1, 0.15) is 16.9 Å². The van der Waals surface area contributed by atoms with Crippen molar-refractivity contribution in [2.24, 2.45) is 5.92 Å². The standard InChI is InChI=1S/C26H31N3O2S/c1-17-3-2-9-28(15-17)20-13-23(14-20)31-22-6-4-18(5-7-22)26-27-24-8-10-29(16-25(24)32-26)19-11-21(30)12-19/h4-7,11,17,20,23H,2-3,8-10,12-16H2,1H3/t17-,20?,23?/m0/s1. The first-order valence-corrected chi connectivity index (χ1v) is 12.9. The van der Waals surface area contributed by atoms with Gasteiger partial charge in [-0.2, -0.15) is 0 Å². The quantitative estimate of drug-likeness (QED) is 0.664. The van der Waals surface area contributed by atoms with Gasteiger partial charge in [-0.15, -0.1) is 11.3 Å². The van der Waals surface area contributed by atoms with Crippen LogP contribution in [0, 0.1) is 5.92 Å². The van der Waals surface area contributed by atoms with Crippen molar-refractivity contribution in [2.75, 3.05) is 19.6 Å². The fourth-order valence-corrected chi connectivity index (χ4v) is 6.59. The topological polar surface area (TPSA) is 45.7 Å². The maximum atomic E-state index is 11.3. The molecule has 2 aliphatic carbocycles. The largest absolute Gasteiger partial charge is 0.490 e. The molecule has 2 fully saturated rings. The fourth-order valence-electron chi connectivity index (χ4n) is 5.46. The number of carbonyl (C=O) groups excluding carboxylic acids is 1. The number of piperidine rings is 1. The highest BCUT2D eigenvalue weighted by Crippen LogP contribution is 2.36. The van der Waals surface area contributed by atoms with Gasteiger partial charge < -0.3 is 9.64 Å². The van der Waals surface area contributed by atoms with Crippen molar-refractivity contribution in [1.29, 1.82) is 0 Å². The molecule has 1 aromatic carbocycles. The number of thiazole rings is 1. The molecule has 2 aromatic rings. The highest BCUT2D eigenvalue weighted by Gasteiger charge is 2.36. The number of allylic oxidation sites excluding steroid dienone is 2. The van der Waals surface area contributed by atoms with Gasteiger partial charge in [0.25, 0.3) is 0 Å². The van der Waals surface area contributed by atoms with Crippen molar-refractivity contribution in [3.63, 3.8) is 0 Å². The summed E-state index contributed by atoms with van der Waals surface area (Å²) >= 11 is 1.79. The minimum Gasteiger partial charge on any atom is -0.490 e. The third-order valence-electron chi connectivity index (χ3n) is 7.50.